The number of carbonyl (C=O) groups is 1. The number of aryl methyl sites for hydroxylation is 1. The maximum absolute atomic E-state index is 13.6. The van der Waals surface area contributed by atoms with Gasteiger partial charge in [0, 0.05) is 36.9 Å². The van der Waals surface area contributed by atoms with Crippen molar-refractivity contribution in [3.8, 4) is 11.7 Å². The van der Waals surface area contributed by atoms with E-state index in [0.717, 1.165) is 20.3 Å². The molecule has 1 atom stereocenters. The van der Waals surface area contributed by atoms with E-state index >= 15 is 0 Å². The van der Waals surface area contributed by atoms with Gasteiger partial charge in [-0.15, -0.1) is 5.10 Å². The smallest absolute Gasteiger partial charge is 0.397 e. The lowest BCUT2D eigenvalue weighted by atomic mass is 9.94. The van der Waals surface area contributed by atoms with Gasteiger partial charge in [0.15, 0.2) is 5.82 Å². The van der Waals surface area contributed by atoms with Gasteiger partial charge < -0.3 is 15.0 Å². The van der Waals surface area contributed by atoms with Gasteiger partial charge in [-0.1, -0.05) is 0 Å². The highest BCUT2D eigenvalue weighted by Crippen LogP contribution is 2.38. The summed E-state index contributed by atoms with van der Waals surface area (Å²) in [5.41, 5.74) is -2.08. The standard InChI is InChI=1S/C27H35F3N8O4S/c1-17-20-14-32-37(17)11-6-10-31-18-13-26(4,5)36(15-18)23-19(24(39)35-43(20,40)41)7-8-21(33-23)38-12-9-22(34-38)42-16-25(2,3)27(28,29)30/h7-9,12,14,18,31H,6,10-11,13,15-16H2,1-5H3,(H,35,39). The topological polar surface area (TPSA) is 136 Å². The number of anilines is 1. The molecule has 0 aliphatic carbocycles. The van der Waals surface area contributed by atoms with Crippen molar-refractivity contribution in [3.63, 3.8) is 0 Å². The summed E-state index contributed by atoms with van der Waals surface area (Å²) in [5.74, 6) is -0.373. The van der Waals surface area contributed by atoms with E-state index < -0.39 is 39.7 Å². The molecule has 1 fully saturated rings. The fourth-order valence-corrected chi connectivity index (χ4v) is 6.38. The van der Waals surface area contributed by atoms with Crippen LogP contribution in [-0.2, 0) is 16.6 Å². The van der Waals surface area contributed by atoms with Gasteiger partial charge in [0.25, 0.3) is 15.9 Å². The fraction of sp³-hybridized carbons (Fsp3) is 0.556. The monoisotopic (exact) mass is 624 g/mol. The molecule has 43 heavy (non-hydrogen) atoms. The van der Waals surface area contributed by atoms with E-state index in [2.05, 4.69) is 20.2 Å². The third kappa shape index (κ3) is 6.07. The van der Waals surface area contributed by atoms with E-state index in [4.69, 9.17) is 9.72 Å². The molecule has 0 radical (unpaired) electrons. The maximum atomic E-state index is 13.6. The molecule has 0 saturated carbocycles. The number of ether oxygens (including phenoxy) is 1. The summed E-state index contributed by atoms with van der Waals surface area (Å²) < 4.78 is 76.8. The molecule has 5 heterocycles. The van der Waals surface area contributed by atoms with Gasteiger partial charge in [0.2, 0.25) is 5.88 Å². The first-order valence-electron chi connectivity index (χ1n) is 13.9. The Balaban J connectivity index is 1.51. The Hall–Kier alpha value is -3.66. The Morgan fingerprint density at radius 1 is 1.19 bits per heavy atom. The van der Waals surface area contributed by atoms with E-state index in [1.54, 1.807) is 11.6 Å². The van der Waals surface area contributed by atoms with Crippen molar-refractivity contribution >= 4 is 21.7 Å². The van der Waals surface area contributed by atoms with Gasteiger partial charge in [0.05, 0.1) is 22.9 Å². The van der Waals surface area contributed by atoms with Gasteiger partial charge in [0.1, 0.15) is 17.3 Å². The van der Waals surface area contributed by atoms with Crippen LogP contribution in [0, 0.1) is 12.3 Å². The average molecular weight is 625 g/mol. The minimum atomic E-state index is -4.46. The molecular weight excluding hydrogens is 589 g/mol. The molecule has 2 aliphatic heterocycles. The van der Waals surface area contributed by atoms with Crippen molar-refractivity contribution < 1.29 is 31.1 Å². The highest BCUT2D eigenvalue weighted by Gasteiger charge is 2.48. The average Bonchev–Trinajstić information content (AvgIpc) is 3.60. The predicted molar refractivity (Wildman–Crippen MR) is 151 cm³/mol. The molecule has 0 spiro atoms. The molecule has 1 amide bonds. The summed E-state index contributed by atoms with van der Waals surface area (Å²) in [7, 11) is -4.25. The van der Waals surface area contributed by atoms with Crippen LogP contribution in [0.15, 0.2) is 35.5 Å². The number of hydrogen-bond donors (Lipinski definition) is 2. The molecule has 1 saturated heterocycles. The molecule has 3 aromatic heterocycles. The van der Waals surface area contributed by atoms with Gasteiger partial charge in [-0.25, -0.2) is 22.8 Å². The summed E-state index contributed by atoms with van der Waals surface area (Å²) in [6.07, 6.45) is -0.286. The molecule has 12 nitrogen and oxygen atoms in total. The second-order valence-electron chi connectivity index (χ2n) is 12.2. The fourth-order valence-electron chi connectivity index (χ4n) is 5.24. The van der Waals surface area contributed by atoms with Crippen molar-refractivity contribution in [3.05, 3.63) is 41.9 Å². The van der Waals surface area contributed by atoms with E-state index in [9.17, 15) is 26.4 Å². The number of sulfonamides is 1. The van der Waals surface area contributed by atoms with Gasteiger partial charge >= 0.3 is 6.18 Å². The van der Waals surface area contributed by atoms with Gasteiger partial charge in [-0.05, 0) is 66.1 Å². The number of pyridine rings is 1. The molecule has 234 valence electrons. The van der Waals surface area contributed by atoms with Crippen LogP contribution in [0.1, 0.15) is 56.6 Å². The second-order valence-corrected chi connectivity index (χ2v) is 13.8. The summed E-state index contributed by atoms with van der Waals surface area (Å²) in [6.45, 7) is 8.81. The highest BCUT2D eigenvalue weighted by atomic mass is 32.2. The molecule has 4 bridgehead atoms. The molecule has 1 unspecified atom stereocenters. The van der Waals surface area contributed by atoms with E-state index in [1.165, 1.54) is 35.3 Å². The van der Waals surface area contributed by atoms with Crippen molar-refractivity contribution in [1.29, 1.82) is 0 Å². The summed E-state index contributed by atoms with van der Waals surface area (Å²) in [5, 5.41) is 12.0. The molecule has 2 aliphatic rings. The van der Waals surface area contributed by atoms with Gasteiger partial charge in [-0.3, -0.25) is 9.48 Å². The number of alkyl halides is 3. The Labute approximate surface area is 247 Å². The largest absolute Gasteiger partial charge is 0.476 e. The number of carbonyl (C=O) groups excluding carboxylic acids is 1. The van der Waals surface area contributed by atoms with Crippen molar-refractivity contribution in [1.82, 2.24) is 34.6 Å². The molecule has 3 aromatic rings. The molecule has 16 heteroatoms. The van der Waals surface area contributed by atoms with Crippen LogP contribution in [0.2, 0.25) is 0 Å². The summed E-state index contributed by atoms with van der Waals surface area (Å²) in [4.78, 5) is 20.2. The van der Waals surface area contributed by atoms with Crippen LogP contribution >= 0.6 is 0 Å². The lowest BCUT2D eigenvalue weighted by molar-refractivity contribution is -0.219. The van der Waals surface area contributed by atoms with E-state index in [0.29, 0.717) is 31.7 Å². The van der Waals surface area contributed by atoms with E-state index in [-0.39, 0.29) is 34.0 Å². The quantitative estimate of drug-likeness (QED) is 0.449. The molecule has 0 aromatic carbocycles. The van der Waals surface area contributed by atoms with Crippen LogP contribution in [0.25, 0.3) is 5.82 Å². The summed E-state index contributed by atoms with van der Waals surface area (Å²) in [6, 6.07) is 4.44. The molecule has 2 N–H and O–H groups in total. The number of fused-ring (bicyclic) bond motifs is 6. The van der Waals surface area contributed by atoms with Crippen molar-refractivity contribution in [2.24, 2.45) is 5.41 Å². The normalized spacial score (nSPS) is 20.6. The SMILES string of the molecule is Cc1c2cnn1CCCNC1CN(c3nc(-n4ccc(OCC(C)(C)C(F)(F)F)n4)ccc3C(=O)NS2(=O)=O)C(C)(C)C1. The number of rotatable bonds is 4. The number of nitrogens with zero attached hydrogens (tertiary/aromatic N) is 6. The lowest BCUT2D eigenvalue weighted by Crippen LogP contribution is -2.41. The van der Waals surface area contributed by atoms with E-state index in [1.807, 2.05) is 18.7 Å². The Bertz CT molecular complexity index is 1630. The zero-order valence-corrected chi connectivity index (χ0v) is 25.4. The second kappa shape index (κ2) is 10.8. The zero-order chi connectivity index (χ0) is 31.4. The first kappa shape index (κ1) is 30.8. The minimum Gasteiger partial charge on any atom is -0.476 e. The van der Waals surface area contributed by atoms with Crippen LogP contribution in [-0.4, -0.2) is 76.3 Å². The number of hydrogen-bond acceptors (Lipinski definition) is 9. The number of halogens is 3. The van der Waals surface area contributed by atoms with Crippen LogP contribution < -0.4 is 19.7 Å². The minimum absolute atomic E-state index is 0.0270. The number of nitrogens with one attached hydrogen (secondary N) is 2. The van der Waals surface area contributed by atoms with Gasteiger partial charge in [-0.2, -0.15) is 18.3 Å². The highest BCUT2D eigenvalue weighted by molar-refractivity contribution is 7.90. The number of amides is 1. The van der Waals surface area contributed by atoms with Crippen molar-refractivity contribution in [2.45, 2.75) is 76.7 Å². The Kier molecular flexibility index (Phi) is 7.74. The Morgan fingerprint density at radius 2 is 1.93 bits per heavy atom. The lowest BCUT2D eigenvalue weighted by Gasteiger charge is -2.33. The Morgan fingerprint density at radius 3 is 2.65 bits per heavy atom. The van der Waals surface area contributed by atoms with Crippen molar-refractivity contribution in [2.75, 3.05) is 24.6 Å². The summed E-state index contributed by atoms with van der Waals surface area (Å²) >= 11 is 0. The third-order valence-electron chi connectivity index (χ3n) is 7.94. The molecule has 5 rings (SSSR count). The van der Waals surface area contributed by atoms with Crippen LogP contribution in [0.4, 0.5) is 19.0 Å². The molecular formula is C27H35F3N8O4S. The van der Waals surface area contributed by atoms with Crippen LogP contribution in [0.3, 0.4) is 0 Å². The zero-order valence-electron chi connectivity index (χ0n) is 24.6. The first-order chi connectivity index (χ1) is 20.0. The first-order valence-corrected chi connectivity index (χ1v) is 15.3. The maximum Gasteiger partial charge on any atom is 0.397 e. The van der Waals surface area contributed by atoms with Crippen LogP contribution in [0.5, 0.6) is 5.88 Å². The predicted octanol–water partition coefficient (Wildman–Crippen LogP) is 3.21. The third-order valence-corrected chi connectivity index (χ3v) is 9.38. The number of aromatic nitrogens is 5.